The Morgan fingerprint density at radius 1 is 1.07 bits per heavy atom. The Labute approximate surface area is 190 Å². The second kappa shape index (κ2) is 10.0. The number of halogens is 1. The van der Waals surface area contributed by atoms with Crippen LogP contribution in [0.4, 0.5) is 0 Å². The Hall–Kier alpha value is -1.79. The fraction of sp³-hybridized carbons (Fsp3) is 0.292. The minimum Gasteiger partial charge on any atom is -0.381 e. The third kappa shape index (κ3) is 5.09. The molecule has 1 aliphatic rings. The summed E-state index contributed by atoms with van der Waals surface area (Å²) in [6.07, 6.45) is 1.76. The molecule has 0 unspecified atom stereocenters. The number of hydrogen-bond donors (Lipinski definition) is 1. The summed E-state index contributed by atoms with van der Waals surface area (Å²) >= 11 is 9.54. The van der Waals surface area contributed by atoms with Crippen LogP contribution in [0.5, 0.6) is 0 Å². The first-order valence-electron chi connectivity index (χ1n) is 10.0. The van der Waals surface area contributed by atoms with E-state index in [0.717, 1.165) is 34.1 Å². The molecule has 1 saturated heterocycles. The molecule has 1 fully saturated rings. The molecule has 0 aliphatic carbocycles. The van der Waals surface area contributed by atoms with Crippen molar-refractivity contribution in [3.05, 3.63) is 87.1 Å². The van der Waals surface area contributed by atoms with E-state index in [9.17, 15) is 4.79 Å². The second-order valence-electron chi connectivity index (χ2n) is 7.45. The fourth-order valence-corrected chi connectivity index (χ4v) is 5.75. The molecule has 6 heteroatoms. The van der Waals surface area contributed by atoms with Gasteiger partial charge in [0.15, 0.2) is 0 Å². The van der Waals surface area contributed by atoms with Gasteiger partial charge in [-0.1, -0.05) is 41.9 Å². The SMILES string of the molecule is O=C(NCC1(c2ccc(Cl)cc2)CCOCC1)c1ccccc1SCc1cccs1. The van der Waals surface area contributed by atoms with E-state index in [0.29, 0.717) is 19.8 Å². The van der Waals surface area contributed by atoms with Gasteiger partial charge in [-0.3, -0.25) is 4.79 Å². The highest BCUT2D eigenvalue weighted by Crippen LogP contribution is 2.35. The monoisotopic (exact) mass is 457 g/mol. The zero-order chi connectivity index (χ0) is 20.8. The van der Waals surface area contributed by atoms with Crippen molar-refractivity contribution in [2.45, 2.75) is 28.9 Å². The summed E-state index contributed by atoms with van der Waals surface area (Å²) < 4.78 is 5.61. The summed E-state index contributed by atoms with van der Waals surface area (Å²) in [7, 11) is 0. The number of rotatable bonds is 7. The van der Waals surface area contributed by atoms with Gasteiger partial charge in [0.2, 0.25) is 0 Å². The number of amides is 1. The molecule has 0 bridgehead atoms. The van der Waals surface area contributed by atoms with Crippen molar-refractivity contribution in [3.8, 4) is 0 Å². The molecular formula is C24H24ClNO2S2. The average molecular weight is 458 g/mol. The molecular weight excluding hydrogens is 434 g/mol. The van der Waals surface area contributed by atoms with E-state index in [2.05, 4.69) is 35.0 Å². The summed E-state index contributed by atoms with van der Waals surface area (Å²) in [5.74, 6) is 0.845. The predicted molar refractivity (Wildman–Crippen MR) is 126 cm³/mol. The zero-order valence-electron chi connectivity index (χ0n) is 16.6. The molecule has 1 N–H and O–H groups in total. The van der Waals surface area contributed by atoms with Crippen LogP contribution in [0.1, 0.15) is 33.6 Å². The summed E-state index contributed by atoms with van der Waals surface area (Å²) in [5.41, 5.74) is 1.81. The summed E-state index contributed by atoms with van der Waals surface area (Å²) in [4.78, 5) is 15.4. The van der Waals surface area contributed by atoms with Gasteiger partial charge in [-0.15, -0.1) is 23.1 Å². The van der Waals surface area contributed by atoms with Crippen molar-refractivity contribution in [1.29, 1.82) is 0 Å². The lowest BCUT2D eigenvalue weighted by molar-refractivity contribution is 0.0487. The number of nitrogens with one attached hydrogen (secondary N) is 1. The summed E-state index contributed by atoms with van der Waals surface area (Å²) in [6, 6.07) is 20.0. The van der Waals surface area contributed by atoms with E-state index in [4.69, 9.17) is 16.3 Å². The molecule has 0 atom stereocenters. The van der Waals surface area contributed by atoms with Crippen LogP contribution in [0.15, 0.2) is 70.9 Å². The van der Waals surface area contributed by atoms with E-state index in [1.165, 1.54) is 10.4 Å². The fourth-order valence-electron chi connectivity index (χ4n) is 3.80. The van der Waals surface area contributed by atoms with Crippen molar-refractivity contribution >= 4 is 40.6 Å². The zero-order valence-corrected chi connectivity index (χ0v) is 19.0. The van der Waals surface area contributed by atoms with Crippen molar-refractivity contribution < 1.29 is 9.53 Å². The molecule has 0 radical (unpaired) electrons. The van der Waals surface area contributed by atoms with Crippen LogP contribution in [0.3, 0.4) is 0 Å². The minimum atomic E-state index is -0.127. The first kappa shape index (κ1) is 21.4. The van der Waals surface area contributed by atoms with Gasteiger partial charge in [0.05, 0.1) is 5.56 Å². The summed E-state index contributed by atoms with van der Waals surface area (Å²) in [5, 5.41) is 6.02. The first-order chi connectivity index (χ1) is 14.7. The van der Waals surface area contributed by atoms with Gasteiger partial charge in [0.25, 0.3) is 5.91 Å². The molecule has 156 valence electrons. The van der Waals surface area contributed by atoms with Crippen LogP contribution in [-0.4, -0.2) is 25.7 Å². The molecule has 4 rings (SSSR count). The van der Waals surface area contributed by atoms with Crippen molar-refractivity contribution in [3.63, 3.8) is 0 Å². The Morgan fingerprint density at radius 2 is 1.83 bits per heavy atom. The maximum absolute atomic E-state index is 13.1. The van der Waals surface area contributed by atoms with E-state index in [1.807, 2.05) is 36.4 Å². The standard InChI is InChI=1S/C24H24ClNO2S2/c25-19-9-7-18(8-10-19)24(11-13-28-14-12-24)17-26-23(27)21-5-1-2-6-22(21)30-16-20-4-3-15-29-20/h1-10,15H,11-14,16-17H2,(H,26,27). The number of carbonyl (C=O) groups excluding carboxylic acids is 1. The summed E-state index contributed by atoms with van der Waals surface area (Å²) in [6.45, 7) is 1.98. The first-order valence-corrected chi connectivity index (χ1v) is 12.3. The lowest BCUT2D eigenvalue weighted by atomic mass is 9.74. The van der Waals surface area contributed by atoms with Gasteiger partial charge in [0, 0.05) is 45.7 Å². The Morgan fingerprint density at radius 3 is 2.57 bits per heavy atom. The molecule has 0 spiro atoms. The highest BCUT2D eigenvalue weighted by Gasteiger charge is 2.35. The highest BCUT2D eigenvalue weighted by molar-refractivity contribution is 7.98. The van der Waals surface area contributed by atoms with Gasteiger partial charge in [-0.2, -0.15) is 0 Å². The van der Waals surface area contributed by atoms with Crippen molar-refractivity contribution in [1.82, 2.24) is 5.32 Å². The smallest absolute Gasteiger partial charge is 0.252 e. The van der Waals surface area contributed by atoms with Gasteiger partial charge in [-0.25, -0.2) is 0 Å². The quantitative estimate of drug-likeness (QED) is 0.431. The predicted octanol–water partition coefficient (Wildman–Crippen LogP) is 6.17. The van der Waals surface area contributed by atoms with E-state index in [-0.39, 0.29) is 11.3 Å². The molecule has 1 aliphatic heterocycles. The van der Waals surface area contributed by atoms with E-state index in [1.54, 1.807) is 23.1 Å². The van der Waals surface area contributed by atoms with Crippen molar-refractivity contribution in [2.75, 3.05) is 19.8 Å². The Bertz CT molecular complexity index is 967. The Balaban J connectivity index is 1.48. The number of thiophene rings is 1. The van der Waals surface area contributed by atoms with Gasteiger partial charge >= 0.3 is 0 Å². The number of benzene rings is 2. The van der Waals surface area contributed by atoms with Gasteiger partial charge < -0.3 is 10.1 Å². The molecule has 1 amide bonds. The molecule has 3 nitrogen and oxygen atoms in total. The molecule has 2 aromatic carbocycles. The normalized spacial score (nSPS) is 15.6. The maximum atomic E-state index is 13.1. The topological polar surface area (TPSA) is 38.3 Å². The van der Waals surface area contributed by atoms with Gasteiger partial charge in [0.1, 0.15) is 0 Å². The average Bonchev–Trinajstić information content (AvgIpc) is 3.31. The number of ether oxygens (including phenoxy) is 1. The maximum Gasteiger partial charge on any atom is 0.252 e. The van der Waals surface area contributed by atoms with Crippen LogP contribution in [0, 0.1) is 0 Å². The van der Waals surface area contributed by atoms with Crippen LogP contribution >= 0.6 is 34.7 Å². The molecule has 1 aromatic heterocycles. The number of carbonyl (C=O) groups is 1. The molecule has 3 aromatic rings. The van der Waals surface area contributed by atoms with E-state index >= 15 is 0 Å². The number of thioether (sulfide) groups is 1. The minimum absolute atomic E-state index is 0.0240. The van der Waals surface area contributed by atoms with Crippen LogP contribution in [0.2, 0.25) is 5.02 Å². The van der Waals surface area contributed by atoms with Crippen LogP contribution in [-0.2, 0) is 15.9 Å². The van der Waals surface area contributed by atoms with Crippen LogP contribution in [0.25, 0.3) is 0 Å². The Kier molecular flexibility index (Phi) is 7.16. The largest absolute Gasteiger partial charge is 0.381 e. The molecule has 30 heavy (non-hydrogen) atoms. The second-order valence-corrected chi connectivity index (χ2v) is 9.93. The lowest BCUT2D eigenvalue weighted by Crippen LogP contribution is -2.44. The van der Waals surface area contributed by atoms with E-state index < -0.39 is 0 Å². The highest BCUT2D eigenvalue weighted by atomic mass is 35.5. The molecule has 0 saturated carbocycles. The molecule has 2 heterocycles. The lowest BCUT2D eigenvalue weighted by Gasteiger charge is -2.38. The van der Waals surface area contributed by atoms with Gasteiger partial charge in [-0.05, 0) is 54.1 Å². The third-order valence-corrected chi connectivity index (χ3v) is 8.01. The third-order valence-electron chi connectivity index (χ3n) is 5.58. The van der Waals surface area contributed by atoms with Crippen LogP contribution < -0.4 is 5.32 Å². The number of hydrogen-bond acceptors (Lipinski definition) is 4. The van der Waals surface area contributed by atoms with Crippen molar-refractivity contribution in [2.24, 2.45) is 0 Å².